The summed E-state index contributed by atoms with van der Waals surface area (Å²) in [5, 5.41) is 0. The van der Waals surface area contributed by atoms with Gasteiger partial charge in [0, 0.05) is 47.8 Å². The number of nitrogens with zero attached hydrogens (tertiary/aromatic N) is 1. The second-order valence-electron chi connectivity index (χ2n) is 21.7. The summed E-state index contributed by atoms with van der Waals surface area (Å²) in [7, 11) is 0. The predicted octanol–water partition coefficient (Wildman–Crippen LogP) is 19.3. The normalized spacial score (nSPS) is 15.4. The monoisotopic (exact) mass is 1040 g/mol. The molecule has 0 saturated heterocycles. The highest BCUT2D eigenvalue weighted by molar-refractivity contribution is 7.99. The van der Waals surface area contributed by atoms with Crippen molar-refractivity contribution in [2.45, 2.75) is 35.8 Å². The molecule has 3 aliphatic carbocycles. The van der Waals surface area contributed by atoms with Gasteiger partial charge in [0.2, 0.25) is 0 Å². The van der Waals surface area contributed by atoms with E-state index < -0.39 is 16.2 Å². The van der Waals surface area contributed by atoms with Crippen LogP contribution < -0.4 is 9.64 Å². The molecule has 3 heterocycles. The summed E-state index contributed by atoms with van der Waals surface area (Å²) in [4.78, 5) is 7.76. The Bertz CT molecular complexity index is 4310. The Hall–Kier alpha value is -9.06. The number of hydrogen-bond acceptors (Lipinski definition) is 4. The van der Waals surface area contributed by atoms with Gasteiger partial charge < -0.3 is 9.64 Å². The topological polar surface area (TPSA) is 12.5 Å². The smallest absolute Gasteiger partial charge is 0.132 e. The molecular formula is C75H45NOS2. The zero-order valence-electron chi connectivity index (χ0n) is 42.7. The van der Waals surface area contributed by atoms with Crippen molar-refractivity contribution < 1.29 is 4.74 Å². The van der Waals surface area contributed by atoms with Crippen molar-refractivity contribution in [2.75, 3.05) is 4.90 Å². The van der Waals surface area contributed by atoms with Gasteiger partial charge in [-0.25, -0.2) is 0 Å². The average Bonchev–Trinajstić information content (AvgIpc) is 2.91. The van der Waals surface area contributed by atoms with Crippen molar-refractivity contribution in [3.63, 3.8) is 0 Å². The molecule has 79 heavy (non-hydrogen) atoms. The Balaban J connectivity index is 0.918. The maximum atomic E-state index is 6.82. The summed E-state index contributed by atoms with van der Waals surface area (Å²) in [6, 6.07) is 103. The number of benzene rings is 12. The van der Waals surface area contributed by atoms with Crippen molar-refractivity contribution >= 4 is 40.6 Å². The molecule has 0 atom stereocenters. The van der Waals surface area contributed by atoms with E-state index in [1.54, 1.807) is 0 Å². The first kappa shape index (κ1) is 44.0. The second-order valence-corrected chi connectivity index (χ2v) is 23.9. The molecule has 0 radical (unpaired) electrons. The average molecular weight is 1040 g/mol. The van der Waals surface area contributed by atoms with Crippen molar-refractivity contribution in [3.8, 4) is 44.9 Å². The third-order valence-corrected chi connectivity index (χ3v) is 20.6. The maximum Gasteiger partial charge on any atom is 0.132 e. The van der Waals surface area contributed by atoms with Crippen LogP contribution in [0.3, 0.4) is 0 Å². The Kier molecular flexibility index (Phi) is 8.92. The summed E-state index contributed by atoms with van der Waals surface area (Å²) in [5.74, 6) is 1.77. The van der Waals surface area contributed by atoms with E-state index in [1.807, 2.05) is 23.5 Å². The van der Waals surface area contributed by atoms with E-state index >= 15 is 0 Å². The molecule has 12 aromatic carbocycles. The number of rotatable bonds is 3. The minimum Gasteiger partial charge on any atom is -0.457 e. The van der Waals surface area contributed by atoms with Crippen molar-refractivity contribution in [1.82, 2.24) is 0 Å². The molecule has 3 spiro atoms. The standard InChI is InChI=1S/C75H45NOS2/c1-4-22-55-49(19-1)52-40-37-48(45-66(52)75(55)60-25-7-13-31-67(60)77-68-32-14-8-26-61(68)75)76(46-38-41-58-53(43-46)50-20-2-5-23-56(50)73(58)62-27-9-15-33-69(62)78-70-34-16-10-28-63(70)73)47-39-42-59-54(44-47)51-21-3-6-24-57(51)74(59)64-29-11-17-35-71(64)79-72-36-18-12-30-65(72)74/h1-45H. The fourth-order valence-electron chi connectivity index (χ4n) is 15.4. The van der Waals surface area contributed by atoms with Crippen LogP contribution in [0.25, 0.3) is 33.4 Å². The number of fused-ring (bicyclic) bond motifs is 27. The number of para-hydroxylation sites is 2. The van der Waals surface area contributed by atoms with Gasteiger partial charge in [-0.3, -0.25) is 0 Å². The van der Waals surface area contributed by atoms with Gasteiger partial charge >= 0.3 is 0 Å². The Morgan fingerprint density at radius 3 is 0.949 bits per heavy atom. The fraction of sp³-hybridized carbons (Fsp3) is 0.0400. The summed E-state index contributed by atoms with van der Waals surface area (Å²) >= 11 is 3.78. The molecule has 0 amide bonds. The lowest BCUT2D eigenvalue weighted by Crippen LogP contribution is -2.32. The van der Waals surface area contributed by atoms with Gasteiger partial charge in [0.1, 0.15) is 11.5 Å². The zero-order chi connectivity index (χ0) is 51.6. The molecule has 368 valence electrons. The maximum absolute atomic E-state index is 6.82. The molecule has 3 aliphatic heterocycles. The van der Waals surface area contributed by atoms with Crippen LogP contribution in [-0.2, 0) is 16.2 Å². The lowest BCUT2D eigenvalue weighted by molar-refractivity contribution is 0.436. The predicted molar refractivity (Wildman–Crippen MR) is 321 cm³/mol. The quantitative estimate of drug-likeness (QED) is 0.175. The first-order valence-corrected chi connectivity index (χ1v) is 28.9. The van der Waals surface area contributed by atoms with Gasteiger partial charge in [0.05, 0.1) is 16.2 Å². The molecule has 0 bridgehead atoms. The van der Waals surface area contributed by atoms with E-state index in [9.17, 15) is 0 Å². The second kappa shape index (κ2) is 16.0. The lowest BCUT2D eigenvalue weighted by atomic mass is 9.66. The number of ether oxygens (including phenoxy) is 1. The van der Waals surface area contributed by atoms with Crippen LogP contribution in [0.5, 0.6) is 11.5 Å². The molecule has 18 rings (SSSR count). The summed E-state index contributed by atoms with van der Waals surface area (Å²) in [5.41, 5.74) is 24.7. The van der Waals surface area contributed by atoms with Crippen LogP contribution in [0.15, 0.2) is 293 Å². The molecule has 0 fully saturated rings. The third-order valence-electron chi connectivity index (χ3n) is 18.3. The summed E-state index contributed by atoms with van der Waals surface area (Å²) < 4.78 is 6.82. The molecule has 0 aromatic heterocycles. The van der Waals surface area contributed by atoms with Gasteiger partial charge in [-0.15, -0.1) is 0 Å². The molecule has 2 nitrogen and oxygen atoms in total. The molecule has 6 aliphatic rings. The Labute approximate surface area is 467 Å². The zero-order valence-corrected chi connectivity index (χ0v) is 44.3. The first-order valence-electron chi connectivity index (χ1n) is 27.3. The van der Waals surface area contributed by atoms with E-state index in [0.717, 1.165) is 39.7 Å². The number of anilines is 3. The Morgan fingerprint density at radius 2 is 0.519 bits per heavy atom. The van der Waals surface area contributed by atoms with E-state index in [4.69, 9.17) is 4.74 Å². The van der Waals surface area contributed by atoms with Crippen molar-refractivity contribution in [2.24, 2.45) is 0 Å². The first-order chi connectivity index (χ1) is 39.2. The van der Waals surface area contributed by atoms with Crippen LogP contribution >= 0.6 is 23.5 Å². The molecule has 0 N–H and O–H groups in total. The third kappa shape index (κ3) is 5.50. The van der Waals surface area contributed by atoms with E-state index in [1.165, 1.54) is 109 Å². The minimum atomic E-state index is -0.634. The molecule has 12 aromatic rings. The van der Waals surface area contributed by atoms with E-state index in [2.05, 4.69) is 278 Å². The van der Waals surface area contributed by atoms with Crippen LogP contribution in [0.4, 0.5) is 17.1 Å². The van der Waals surface area contributed by atoms with Crippen molar-refractivity contribution in [1.29, 1.82) is 0 Å². The van der Waals surface area contributed by atoms with Crippen LogP contribution in [0.2, 0.25) is 0 Å². The van der Waals surface area contributed by atoms with Gasteiger partial charge in [0.25, 0.3) is 0 Å². The van der Waals surface area contributed by atoms with E-state index in [0.29, 0.717) is 0 Å². The highest BCUT2D eigenvalue weighted by atomic mass is 32.2. The van der Waals surface area contributed by atoms with Gasteiger partial charge in [0.15, 0.2) is 0 Å². The minimum absolute atomic E-state index is 0.486. The summed E-state index contributed by atoms with van der Waals surface area (Å²) in [6.07, 6.45) is 0. The van der Waals surface area contributed by atoms with Crippen LogP contribution in [0, 0.1) is 0 Å². The number of hydrogen-bond donors (Lipinski definition) is 0. The van der Waals surface area contributed by atoms with Gasteiger partial charge in [-0.05, 0) is 162 Å². The van der Waals surface area contributed by atoms with Crippen molar-refractivity contribution in [3.05, 3.63) is 340 Å². The molecule has 0 unspecified atom stereocenters. The lowest BCUT2D eigenvalue weighted by Gasteiger charge is -2.40. The fourth-order valence-corrected chi connectivity index (χ4v) is 17.8. The van der Waals surface area contributed by atoms with E-state index in [-0.39, 0.29) is 0 Å². The van der Waals surface area contributed by atoms with Crippen LogP contribution in [0.1, 0.15) is 66.8 Å². The highest BCUT2D eigenvalue weighted by Gasteiger charge is 2.54. The highest BCUT2D eigenvalue weighted by Crippen LogP contribution is 2.67. The largest absolute Gasteiger partial charge is 0.457 e. The van der Waals surface area contributed by atoms with Gasteiger partial charge in [-0.1, -0.05) is 224 Å². The Morgan fingerprint density at radius 1 is 0.228 bits per heavy atom. The molecule has 4 heteroatoms. The van der Waals surface area contributed by atoms with Crippen LogP contribution in [-0.4, -0.2) is 0 Å². The molecular weight excluding hydrogens is 995 g/mol. The summed E-state index contributed by atoms with van der Waals surface area (Å²) in [6.45, 7) is 0. The van der Waals surface area contributed by atoms with Gasteiger partial charge in [-0.2, -0.15) is 0 Å². The SMILES string of the molecule is c1ccc2c(c1)Oc1ccccc1C21c2ccccc2-c2ccc(N(c3ccc4c(c3)-c3ccccc3C43c4ccccc4Sc4ccccc43)c3ccc4c(c3)-c3ccccc3C43c4ccccc4Sc4ccccc43)cc21. The molecule has 0 saturated carbocycles.